The molecule has 1 atom stereocenters. The van der Waals surface area contributed by atoms with Crippen LogP contribution in [0.25, 0.3) is 0 Å². The first-order valence-corrected chi connectivity index (χ1v) is 6.27. The predicted octanol–water partition coefficient (Wildman–Crippen LogP) is 1.42. The van der Waals surface area contributed by atoms with Crippen molar-refractivity contribution in [2.45, 2.75) is 31.8 Å². The summed E-state index contributed by atoms with van der Waals surface area (Å²) in [6.45, 7) is 2.67. The van der Waals surface area contributed by atoms with E-state index in [1.807, 2.05) is 18.7 Å². The van der Waals surface area contributed by atoms with Gasteiger partial charge >= 0.3 is 0 Å². The first-order valence-electron chi connectivity index (χ1n) is 5.12. The number of hydrogen-bond donors (Lipinski definition) is 1. The third-order valence-electron chi connectivity index (χ3n) is 2.58. The zero-order chi connectivity index (χ0) is 10.4. The van der Waals surface area contributed by atoms with Gasteiger partial charge in [0.05, 0.1) is 5.60 Å². The van der Waals surface area contributed by atoms with Crippen molar-refractivity contribution in [3.8, 4) is 0 Å². The van der Waals surface area contributed by atoms with Crippen molar-refractivity contribution >= 4 is 17.7 Å². The molecule has 4 heteroatoms. The van der Waals surface area contributed by atoms with E-state index in [0.29, 0.717) is 13.0 Å². The molecule has 1 N–H and O–H groups in total. The third kappa shape index (κ3) is 3.17. The maximum absolute atomic E-state index is 11.3. The molecule has 1 aliphatic heterocycles. The maximum atomic E-state index is 11.3. The van der Waals surface area contributed by atoms with Crippen molar-refractivity contribution < 1.29 is 9.53 Å². The highest BCUT2D eigenvalue weighted by Gasteiger charge is 2.34. The van der Waals surface area contributed by atoms with Gasteiger partial charge in [-0.3, -0.25) is 4.79 Å². The van der Waals surface area contributed by atoms with Crippen molar-refractivity contribution in [2.24, 2.45) is 0 Å². The minimum absolute atomic E-state index is 0.103. The van der Waals surface area contributed by atoms with Crippen LogP contribution in [0.2, 0.25) is 0 Å². The fourth-order valence-corrected chi connectivity index (χ4v) is 2.93. The molecule has 82 valence electrons. The highest BCUT2D eigenvalue weighted by molar-refractivity contribution is 7.99. The van der Waals surface area contributed by atoms with Crippen LogP contribution in [0, 0.1) is 0 Å². The average molecular weight is 217 g/mol. The van der Waals surface area contributed by atoms with Crippen molar-refractivity contribution in [1.29, 1.82) is 0 Å². The summed E-state index contributed by atoms with van der Waals surface area (Å²) in [6, 6.07) is 0. The second kappa shape index (κ2) is 5.61. The Morgan fingerprint density at radius 1 is 1.64 bits per heavy atom. The molecule has 3 nitrogen and oxygen atoms in total. The summed E-state index contributed by atoms with van der Waals surface area (Å²) in [4.78, 5) is 11.3. The monoisotopic (exact) mass is 217 g/mol. The summed E-state index contributed by atoms with van der Waals surface area (Å²) in [6.07, 6.45) is 2.56. The number of ether oxygens (including phenoxy) is 1. The van der Waals surface area contributed by atoms with Gasteiger partial charge in [-0.05, 0) is 18.6 Å². The Labute approximate surface area is 90.0 Å². The standard InChI is InChI=1S/C10H19NO2S/c1-3-4-9(12)11-7-10(13-2)5-6-14-8-10/h3-8H2,1-2H3,(H,11,12). The fraction of sp³-hybridized carbons (Fsp3) is 0.900. The third-order valence-corrected chi connectivity index (χ3v) is 3.81. The van der Waals surface area contributed by atoms with E-state index in [0.717, 1.165) is 24.3 Å². The Kier molecular flexibility index (Phi) is 4.75. The average Bonchev–Trinajstić information content (AvgIpc) is 2.65. The van der Waals surface area contributed by atoms with Gasteiger partial charge in [0.15, 0.2) is 0 Å². The smallest absolute Gasteiger partial charge is 0.220 e. The Balaban J connectivity index is 2.30. The number of hydrogen-bond acceptors (Lipinski definition) is 3. The lowest BCUT2D eigenvalue weighted by Crippen LogP contribution is -2.44. The summed E-state index contributed by atoms with van der Waals surface area (Å²) in [5, 5.41) is 2.94. The van der Waals surface area contributed by atoms with Crippen LogP contribution < -0.4 is 5.32 Å². The molecule has 1 heterocycles. The molecule has 1 aliphatic rings. The molecule has 1 fully saturated rings. The second-order valence-corrected chi connectivity index (χ2v) is 4.82. The number of rotatable bonds is 5. The summed E-state index contributed by atoms with van der Waals surface area (Å²) in [7, 11) is 1.73. The lowest BCUT2D eigenvalue weighted by Gasteiger charge is -2.26. The van der Waals surface area contributed by atoms with E-state index in [4.69, 9.17) is 4.74 Å². The zero-order valence-corrected chi connectivity index (χ0v) is 9.78. The van der Waals surface area contributed by atoms with Crippen molar-refractivity contribution in [1.82, 2.24) is 5.32 Å². The molecular formula is C10H19NO2S. The summed E-state index contributed by atoms with van der Waals surface area (Å²) in [5.41, 5.74) is -0.103. The lowest BCUT2D eigenvalue weighted by atomic mass is 10.0. The highest BCUT2D eigenvalue weighted by atomic mass is 32.2. The number of carbonyl (C=O) groups is 1. The minimum Gasteiger partial charge on any atom is -0.376 e. The van der Waals surface area contributed by atoms with Gasteiger partial charge in [0.1, 0.15) is 0 Å². The predicted molar refractivity (Wildman–Crippen MR) is 59.6 cm³/mol. The topological polar surface area (TPSA) is 38.3 Å². The number of nitrogens with one attached hydrogen (secondary N) is 1. The van der Waals surface area contributed by atoms with Crippen LogP contribution in [0.5, 0.6) is 0 Å². The van der Waals surface area contributed by atoms with Gasteiger partial charge in [0, 0.05) is 25.8 Å². The normalized spacial score (nSPS) is 26.4. The number of carbonyl (C=O) groups excluding carboxylic acids is 1. The Morgan fingerprint density at radius 3 is 2.93 bits per heavy atom. The first-order chi connectivity index (χ1) is 6.72. The van der Waals surface area contributed by atoms with E-state index in [-0.39, 0.29) is 11.5 Å². The van der Waals surface area contributed by atoms with Gasteiger partial charge in [-0.1, -0.05) is 6.92 Å². The molecule has 0 aromatic carbocycles. The molecule has 1 saturated heterocycles. The molecule has 0 bridgehead atoms. The molecule has 0 aliphatic carbocycles. The van der Waals surface area contributed by atoms with Crippen LogP contribution >= 0.6 is 11.8 Å². The van der Waals surface area contributed by atoms with Crippen LogP contribution in [0.15, 0.2) is 0 Å². The molecule has 1 amide bonds. The highest BCUT2D eigenvalue weighted by Crippen LogP contribution is 2.30. The largest absolute Gasteiger partial charge is 0.376 e. The van der Waals surface area contributed by atoms with Gasteiger partial charge in [-0.2, -0.15) is 11.8 Å². The summed E-state index contributed by atoms with van der Waals surface area (Å²) < 4.78 is 5.49. The fourth-order valence-electron chi connectivity index (χ4n) is 1.54. The van der Waals surface area contributed by atoms with Gasteiger partial charge in [0.2, 0.25) is 5.91 Å². The van der Waals surface area contributed by atoms with Gasteiger partial charge in [-0.25, -0.2) is 0 Å². The van der Waals surface area contributed by atoms with E-state index in [1.54, 1.807) is 7.11 Å². The zero-order valence-electron chi connectivity index (χ0n) is 8.97. The summed E-state index contributed by atoms with van der Waals surface area (Å²) in [5.74, 6) is 2.27. The Morgan fingerprint density at radius 2 is 2.43 bits per heavy atom. The lowest BCUT2D eigenvalue weighted by molar-refractivity contribution is -0.122. The van der Waals surface area contributed by atoms with E-state index >= 15 is 0 Å². The van der Waals surface area contributed by atoms with Gasteiger partial charge in [-0.15, -0.1) is 0 Å². The molecule has 0 radical (unpaired) electrons. The molecule has 0 aromatic rings. The molecule has 0 aromatic heterocycles. The molecular weight excluding hydrogens is 198 g/mol. The van der Waals surface area contributed by atoms with E-state index < -0.39 is 0 Å². The van der Waals surface area contributed by atoms with Crippen LogP contribution in [-0.4, -0.2) is 36.7 Å². The van der Waals surface area contributed by atoms with Crippen molar-refractivity contribution in [2.75, 3.05) is 25.2 Å². The molecule has 0 saturated carbocycles. The number of amides is 1. The second-order valence-electron chi connectivity index (χ2n) is 3.72. The first kappa shape index (κ1) is 11.9. The quantitative estimate of drug-likeness (QED) is 0.757. The number of thioether (sulfide) groups is 1. The molecule has 14 heavy (non-hydrogen) atoms. The Bertz CT molecular complexity index is 191. The summed E-state index contributed by atoms with van der Waals surface area (Å²) >= 11 is 1.89. The van der Waals surface area contributed by atoms with Crippen molar-refractivity contribution in [3.05, 3.63) is 0 Å². The van der Waals surface area contributed by atoms with Crippen LogP contribution in [0.1, 0.15) is 26.2 Å². The maximum Gasteiger partial charge on any atom is 0.220 e. The van der Waals surface area contributed by atoms with Crippen molar-refractivity contribution in [3.63, 3.8) is 0 Å². The van der Waals surface area contributed by atoms with Gasteiger partial charge in [0.25, 0.3) is 0 Å². The van der Waals surface area contributed by atoms with Gasteiger partial charge < -0.3 is 10.1 Å². The van der Waals surface area contributed by atoms with E-state index in [2.05, 4.69) is 5.32 Å². The molecule has 1 rings (SSSR count). The molecule has 1 unspecified atom stereocenters. The minimum atomic E-state index is -0.103. The van der Waals surface area contributed by atoms with Crippen LogP contribution in [0.4, 0.5) is 0 Å². The Hall–Kier alpha value is -0.220. The van der Waals surface area contributed by atoms with E-state index in [1.165, 1.54) is 0 Å². The van der Waals surface area contributed by atoms with Crippen LogP contribution in [0.3, 0.4) is 0 Å². The SMILES string of the molecule is CCCC(=O)NCC1(OC)CCSC1. The van der Waals surface area contributed by atoms with Crippen LogP contribution in [-0.2, 0) is 9.53 Å². The van der Waals surface area contributed by atoms with E-state index in [9.17, 15) is 4.79 Å². The molecule has 0 spiro atoms. The number of methoxy groups -OCH3 is 1.